The molecule has 20 heavy (non-hydrogen) atoms. The second kappa shape index (κ2) is 4.45. The van der Waals surface area contributed by atoms with Crippen LogP contribution < -0.4 is 5.73 Å². The molecule has 0 atom stereocenters. The van der Waals surface area contributed by atoms with Crippen molar-refractivity contribution in [1.29, 1.82) is 0 Å². The third-order valence-electron chi connectivity index (χ3n) is 3.21. The molecular weight excluding hydrogens is 257 g/mol. The molecule has 0 saturated heterocycles. The maximum absolute atomic E-state index is 13.9. The number of halogens is 1. The number of fused-ring (bicyclic) bond motifs is 1. The van der Waals surface area contributed by atoms with E-state index in [0.29, 0.717) is 11.5 Å². The van der Waals surface area contributed by atoms with Crippen LogP contribution in [0.25, 0.3) is 16.7 Å². The molecule has 1 amide bonds. The summed E-state index contributed by atoms with van der Waals surface area (Å²) in [6.07, 6.45) is 0. The summed E-state index contributed by atoms with van der Waals surface area (Å²) in [5.74, 6) is -0.762. The van der Waals surface area contributed by atoms with Crippen LogP contribution in [-0.4, -0.2) is 15.5 Å². The Morgan fingerprint density at radius 1 is 1.20 bits per heavy atom. The number of hydrogen-bond donors (Lipinski definition) is 1. The van der Waals surface area contributed by atoms with Gasteiger partial charge in [-0.15, -0.1) is 0 Å². The first-order valence-electron chi connectivity index (χ1n) is 6.12. The van der Waals surface area contributed by atoms with Crippen molar-refractivity contribution < 1.29 is 9.18 Å². The lowest BCUT2D eigenvalue weighted by Crippen LogP contribution is -2.17. The lowest BCUT2D eigenvalue weighted by Gasteiger charge is -2.11. The fourth-order valence-corrected chi connectivity index (χ4v) is 2.39. The number of aromatic nitrogens is 2. The fraction of sp³-hybridized carbons (Fsp3) is 0.0667. The SMILES string of the molecule is Cc1nc2ccccc2n1-c1cccc(F)c1C(N)=O. The van der Waals surface area contributed by atoms with Gasteiger partial charge in [0.25, 0.3) is 5.91 Å². The molecular formula is C15H12FN3O. The van der Waals surface area contributed by atoms with Gasteiger partial charge in [-0.3, -0.25) is 9.36 Å². The molecule has 5 heteroatoms. The number of carbonyl (C=O) groups is 1. The number of imidazole rings is 1. The van der Waals surface area contributed by atoms with E-state index in [0.717, 1.165) is 11.0 Å². The molecule has 2 aromatic carbocycles. The standard InChI is InChI=1S/C15H12FN3O/c1-9-18-11-6-2-3-7-12(11)19(9)13-8-4-5-10(16)14(13)15(17)20/h2-8H,1H3,(H2,17,20). The third-order valence-corrected chi connectivity index (χ3v) is 3.21. The summed E-state index contributed by atoms with van der Waals surface area (Å²) in [5.41, 5.74) is 7.17. The molecule has 0 aliphatic heterocycles. The second-order valence-corrected chi connectivity index (χ2v) is 4.48. The van der Waals surface area contributed by atoms with Crippen LogP contribution in [0.5, 0.6) is 0 Å². The predicted molar refractivity (Wildman–Crippen MR) is 74.3 cm³/mol. The maximum atomic E-state index is 13.9. The molecule has 0 aliphatic rings. The Balaban J connectivity index is 2.40. The highest BCUT2D eigenvalue weighted by atomic mass is 19.1. The summed E-state index contributed by atoms with van der Waals surface area (Å²) in [6.45, 7) is 1.80. The number of benzene rings is 2. The van der Waals surface area contributed by atoms with Crippen molar-refractivity contribution in [2.45, 2.75) is 6.92 Å². The van der Waals surface area contributed by atoms with Crippen molar-refractivity contribution in [3.8, 4) is 5.69 Å². The van der Waals surface area contributed by atoms with E-state index >= 15 is 0 Å². The summed E-state index contributed by atoms with van der Waals surface area (Å²) >= 11 is 0. The van der Waals surface area contributed by atoms with E-state index in [1.807, 2.05) is 24.3 Å². The molecule has 0 aliphatic carbocycles. The van der Waals surface area contributed by atoms with Crippen molar-refractivity contribution in [3.05, 3.63) is 59.7 Å². The van der Waals surface area contributed by atoms with Crippen LogP contribution in [0, 0.1) is 12.7 Å². The van der Waals surface area contributed by atoms with Crippen LogP contribution in [-0.2, 0) is 0 Å². The number of rotatable bonds is 2. The van der Waals surface area contributed by atoms with Crippen LogP contribution in [0.2, 0.25) is 0 Å². The van der Waals surface area contributed by atoms with E-state index in [-0.39, 0.29) is 5.56 Å². The Bertz CT molecular complexity index is 823. The Labute approximate surface area is 114 Å². The molecule has 100 valence electrons. The lowest BCUT2D eigenvalue weighted by molar-refractivity contribution is 0.0996. The molecule has 0 unspecified atom stereocenters. The van der Waals surface area contributed by atoms with Gasteiger partial charge >= 0.3 is 0 Å². The van der Waals surface area contributed by atoms with Crippen molar-refractivity contribution >= 4 is 16.9 Å². The molecule has 0 bridgehead atoms. The van der Waals surface area contributed by atoms with E-state index in [1.54, 1.807) is 23.6 Å². The summed E-state index contributed by atoms with van der Waals surface area (Å²) in [4.78, 5) is 15.9. The van der Waals surface area contributed by atoms with Gasteiger partial charge < -0.3 is 5.73 Å². The highest BCUT2D eigenvalue weighted by Crippen LogP contribution is 2.24. The molecule has 1 aromatic heterocycles. The zero-order valence-electron chi connectivity index (χ0n) is 10.8. The van der Waals surface area contributed by atoms with E-state index in [9.17, 15) is 9.18 Å². The number of para-hydroxylation sites is 2. The monoisotopic (exact) mass is 269 g/mol. The number of hydrogen-bond acceptors (Lipinski definition) is 2. The summed E-state index contributed by atoms with van der Waals surface area (Å²) in [7, 11) is 0. The fourth-order valence-electron chi connectivity index (χ4n) is 2.39. The maximum Gasteiger partial charge on any atom is 0.253 e. The van der Waals surface area contributed by atoms with Gasteiger partial charge in [-0.2, -0.15) is 0 Å². The minimum atomic E-state index is -0.796. The van der Waals surface area contributed by atoms with Crippen LogP contribution in [0.4, 0.5) is 4.39 Å². The lowest BCUT2D eigenvalue weighted by atomic mass is 10.1. The average molecular weight is 269 g/mol. The smallest absolute Gasteiger partial charge is 0.253 e. The van der Waals surface area contributed by atoms with Crippen molar-refractivity contribution in [3.63, 3.8) is 0 Å². The van der Waals surface area contributed by atoms with Gasteiger partial charge in [0.15, 0.2) is 0 Å². The van der Waals surface area contributed by atoms with Gasteiger partial charge in [-0.05, 0) is 31.2 Å². The van der Waals surface area contributed by atoms with Crippen LogP contribution in [0.15, 0.2) is 42.5 Å². The molecule has 0 spiro atoms. The van der Waals surface area contributed by atoms with Gasteiger partial charge in [0, 0.05) is 0 Å². The highest BCUT2D eigenvalue weighted by molar-refractivity contribution is 5.97. The van der Waals surface area contributed by atoms with Gasteiger partial charge in [0.1, 0.15) is 11.6 Å². The van der Waals surface area contributed by atoms with Crippen molar-refractivity contribution in [2.75, 3.05) is 0 Å². The normalized spacial score (nSPS) is 10.9. The van der Waals surface area contributed by atoms with E-state index in [2.05, 4.69) is 4.98 Å². The predicted octanol–water partition coefficient (Wildman–Crippen LogP) is 2.57. The molecule has 4 nitrogen and oxygen atoms in total. The van der Waals surface area contributed by atoms with Crippen LogP contribution in [0.1, 0.15) is 16.2 Å². The highest BCUT2D eigenvalue weighted by Gasteiger charge is 2.18. The molecule has 2 N–H and O–H groups in total. The average Bonchev–Trinajstić information content (AvgIpc) is 2.73. The van der Waals surface area contributed by atoms with Gasteiger partial charge in [-0.1, -0.05) is 18.2 Å². The first-order valence-corrected chi connectivity index (χ1v) is 6.12. The summed E-state index contributed by atoms with van der Waals surface area (Å²) in [5, 5.41) is 0. The van der Waals surface area contributed by atoms with Crippen molar-refractivity contribution in [2.24, 2.45) is 5.73 Å². The van der Waals surface area contributed by atoms with Crippen LogP contribution in [0.3, 0.4) is 0 Å². The summed E-state index contributed by atoms with van der Waals surface area (Å²) in [6, 6.07) is 11.9. The molecule has 3 aromatic rings. The molecule has 0 radical (unpaired) electrons. The molecule has 1 heterocycles. The van der Waals surface area contributed by atoms with E-state index in [1.165, 1.54) is 6.07 Å². The first-order chi connectivity index (χ1) is 9.59. The minimum absolute atomic E-state index is 0.126. The third kappa shape index (κ3) is 1.75. The first kappa shape index (κ1) is 12.3. The van der Waals surface area contributed by atoms with Gasteiger partial charge in [-0.25, -0.2) is 9.37 Å². The van der Waals surface area contributed by atoms with Gasteiger partial charge in [0.05, 0.1) is 22.3 Å². The largest absolute Gasteiger partial charge is 0.365 e. The van der Waals surface area contributed by atoms with E-state index < -0.39 is 11.7 Å². The Kier molecular flexibility index (Phi) is 2.75. The number of carbonyl (C=O) groups excluding carboxylic acids is 1. The number of amides is 1. The Morgan fingerprint density at radius 2 is 1.95 bits per heavy atom. The van der Waals surface area contributed by atoms with Gasteiger partial charge in [0.2, 0.25) is 0 Å². The number of aryl methyl sites for hydroxylation is 1. The number of primary amides is 1. The number of nitrogens with zero attached hydrogens (tertiary/aromatic N) is 2. The number of nitrogens with two attached hydrogens (primary N) is 1. The Morgan fingerprint density at radius 3 is 2.70 bits per heavy atom. The second-order valence-electron chi connectivity index (χ2n) is 4.48. The quantitative estimate of drug-likeness (QED) is 0.777. The molecule has 0 saturated carbocycles. The Hall–Kier alpha value is -2.69. The summed E-state index contributed by atoms with van der Waals surface area (Å²) < 4.78 is 15.6. The molecule has 3 rings (SSSR count). The van der Waals surface area contributed by atoms with Crippen molar-refractivity contribution in [1.82, 2.24) is 9.55 Å². The minimum Gasteiger partial charge on any atom is -0.365 e. The molecule has 0 fully saturated rings. The van der Waals surface area contributed by atoms with Crippen LogP contribution >= 0.6 is 0 Å². The van der Waals surface area contributed by atoms with E-state index in [4.69, 9.17) is 5.73 Å². The zero-order chi connectivity index (χ0) is 14.3. The zero-order valence-corrected chi connectivity index (χ0v) is 10.8. The topological polar surface area (TPSA) is 60.9 Å².